The summed E-state index contributed by atoms with van der Waals surface area (Å²) < 4.78 is 2.93. The molecule has 124 valence electrons. The van der Waals surface area contributed by atoms with Gasteiger partial charge in [0.1, 0.15) is 12.9 Å². The minimum absolute atomic E-state index is 0.0112. The molecule has 0 aromatic carbocycles. The summed E-state index contributed by atoms with van der Waals surface area (Å²) in [6, 6.07) is 7.67. The van der Waals surface area contributed by atoms with E-state index in [1.807, 2.05) is 37.4 Å². The van der Waals surface area contributed by atoms with Gasteiger partial charge in [0.15, 0.2) is 5.65 Å². The summed E-state index contributed by atoms with van der Waals surface area (Å²) in [4.78, 5) is 20.5. The van der Waals surface area contributed by atoms with Crippen LogP contribution in [-0.2, 0) is 11.3 Å². The largest absolute Gasteiger partial charge is 0.292 e. The summed E-state index contributed by atoms with van der Waals surface area (Å²) in [6.45, 7) is 1.94. The second-order valence-corrected chi connectivity index (χ2v) is 5.35. The Labute approximate surface area is 141 Å². The normalized spacial score (nSPS) is 10.9. The summed E-state index contributed by atoms with van der Waals surface area (Å²) in [5.41, 5.74) is 3.54. The van der Waals surface area contributed by atoms with Gasteiger partial charge in [-0.05, 0) is 35.5 Å². The van der Waals surface area contributed by atoms with Crippen LogP contribution >= 0.6 is 0 Å². The number of pyridine rings is 2. The summed E-state index contributed by atoms with van der Waals surface area (Å²) in [6.07, 6.45) is 4.97. The number of aromatic nitrogens is 8. The number of carbonyl (C=O) groups is 1. The molecule has 4 aromatic heterocycles. The predicted octanol–water partition coefficient (Wildman–Crippen LogP) is 0.725. The predicted molar refractivity (Wildman–Crippen MR) is 87.4 cm³/mol. The Bertz CT molecular complexity index is 1040. The SMILES string of the molecule is Cc1ncccc1-c1ccc2nc(NC(=O)Cn3cnnn3)nn2c1. The number of tetrazole rings is 1. The number of nitrogens with zero attached hydrogens (tertiary/aromatic N) is 8. The molecule has 4 aromatic rings. The van der Waals surface area contributed by atoms with Crippen LogP contribution < -0.4 is 5.32 Å². The van der Waals surface area contributed by atoms with Gasteiger partial charge in [-0.3, -0.25) is 15.1 Å². The van der Waals surface area contributed by atoms with Gasteiger partial charge in [-0.2, -0.15) is 4.98 Å². The van der Waals surface area contributed by atoms with Crippen LogP contribution in [0.3, 0.4) is 0 Å². The Morgan fingerprint density at radius 1 is 1.28 bits per heavy atom. The van der Waals surface area contributed by atoms with E-state index >= 15 is 0 Å². The Morgan fingerprint density at radius 3 is 3.00 bits per heavy atom. The van der Waals surface area contributed by atoms with Crippen LogP contribution in [0, 0.1) is 6.92 Å². The summed E-state index contributed by atoms with van der Waals surface area (Å²) in [5.74, 6) is -0.0929. The molecule has 0 fully saturated rings. The van der Waals surface area contributed by atoms with Gasteiger partial charge in [-0.1, -0.05) is 6.07 Å². The first-order valence-corrected chi connectivity index (χ1v) is 7.48. The fourth-order valence-corrected chi connectivity index (χ4v) is 2.45. The van der Waals surface area contributed by atoms with E-state index in [4.69, 9.17) is 0 Å². The van der Waals surface area contributed by atoms with Crippen LogP contribution in [0.2, 0.25) is 0 Å². The van der Waals surface area contributed by atoms with E-state index in [2.05, 4.69) is 35.9 Å². The maximum absolute atomic E-state index is 12.0. The van der Waals surface area contributed by atoms with Crippen molar-refractivity contribution >= 4 is 17.5 Å². The molecule has 4 rings (SSSR count). The number of hydrogen-bond acceptors (Lipinski definition) is 7. The van der Waals surface area contributed by atoms with Crippen LogP contribution in [0.25, 0.3) is 16.8 Å². The van der Waals surface area contributed by atoms with E-state index in [1.165, 1.54) is 11.0 Å². The number of anilines is 1. The van der Waals surface area contributed by atoms with Gasteiger partial charge in [-0.15, -0.1) is 10.2 Å². The number of hydrogen-bond donors (Lipinski definition) is 1. The van der Waals surface area contributed by atoms with E-state index < -0.39 is 0 Å². The maximum atomic E-state index is 12.0. The van der Waals surface area contributed by atoms with Crippen molar-refractivity contribution in [2.75, 3.05) is 5.32 Å². The first kappa shape index (κ1) is 14.9. The Hall–Kier alpha value is -3.69. The smallest absolute Gasteiger partial charge is 0.249 e. The number of aryl methyl sites for hydroxylation is 1. The lowest BCUT2D eigenvalue weighted by molar-refractivity contribution is -0.117. The average molecular weight is 335 g/mol. The fraction of sp³-hybridized carbons (Fsp3) is 0.133. The average Bonchev–Trinajstić information content (AvgIpc) is 3.23. The quantitative estimate of drug-likeness (QED) is 0.584. The molecular weight excluding hydrogens is 322 g/mol. The van der Waals surface area contributed by atoms with Gasteiger partial charge < -0.3 is 0 Å². The monoisotopic (exact) mass is 335 g/mol. The molecule has 0 aliphatic rings. The molecule has 0 spiro atoms. The minimum atomic E-state index is -0.313. The molecular formula is C15H13N9O. The Balaban J connectivity index is 1.58. The third kappa shape index (κ3) is 3.04. The first-order chi connectivity index (χ1) is 12.2. The number of nitrogens with one attached hydrogen (secondary N) is 1. The first-order valence-electron chi connectivity index (χ1n) is 7.48. The molecule has 0 atom stereocenters. The number of fused-ring (bicyclic) bond motifs is 1. The van der Waals surface area contributed by atoms with Gasteiger partial charge in [0.05, 0.1) is 0 Å². The molecule has 4 heterocycles. The number of rotatable bonds is 4. The summed E-state index contributed by atoms with van der Waals surface area (Å²) in [7, 11) is 0. The molecule has 0 unspecified atom stereocenters. The third-order valence-corrected chi connectivity index (χ3v) is 3.60. The molecule has 10 nitrogen and oxygen atoms in total. The zero-order valence-electron chi connectivity index (χ0n) is 13.2. The molecule has 0 bridgehead atoms. The third-order valence-electron chi connectivity index (χ3n) is 3.60. The van der Waals surface area contributed by atoms with Crippen molar-refractivity contribution in [3.63, 3.8) is 0 Å². The molecule has 10 heteroatoms. The van der Waals surface area contributed by atoms with Gasteiger partial charge in [-0.25, -0.2) is 9.20 Å². The van der Waals surface area contributed by atoms with Crippen LogP contribution in [0.5, 0.6) is 0 Å². The van der Waals surface area contributed by atoms with Gasteiger partial charge in [0, 0.05) is 29.2 Å². The number of carbonyl (C=O) groups excluding carboxylic acids is 1. The van der Waals surface area contributed by atoms with Crippen LogP contribution in [-0.4, -0.2) is 45.7 Å². The van der Waals surface area contributed by atoms with Crippen molar-refractivity contribution in [1.82, 2.24) is 39.8 Å². The highest BCUT2D eigenvalue weighted by Crippen LogP contribution is 2.22. The van der Waals surface area contributed by atoms with Crippen molar-refractivity contribution < 1.29 is 4.79 Å². The van der Waals surface area contributed by atoms with E-state index in [-0.39, 0.29) is 18.4 Å². The second-order valence-electron chi connectivity index (χ2n) is 5.35. The minimum Gasteiger partial charge on any atom is -0.292 e. The highest BCUT2D eigenvalue weighted by atomic mass is 16.2. The molecule has 0 radical (unpaired) electrons. The molecule has 0 saturated heterocycles. The van der Waals surface area contributed by atoms with E-state index in [9.17, 15) is 4.79 Å². The van der Waals surface area contributed by atoms with Gasteiger partial charge in [0.2, 0.25) is 11.9 Å². The lowest BCUT2D eigenvalue weighted by atomic mass is 10.1. The lowest BCUT2D eigenvalue weighted by Crippen LogP contribution is -2.19. The molecule has 1 amide bonds. The Morgan fingerprint density at radius 2 is 2.20 bits per heavy atom. The molecule has 25 heavy (non-hydrogen) atoms. The van der Waals surface area contributed by atoms with Crippen LogP contribution in [0.1, 0.15) is 5.69 Å². The lowest BCUT2D eigenvalue weighted by Gasteiger charge is -2.04. The van der Waals surface area contributed by atoms with Crippen LogP contribution in [0.4, 0.5) is 5.95 Å². The second kappa shape index (κ2) is 6.07. The fourth-order valence-electron chi connectivity index (χ4n) is 2.45. The van der Waals surface area contributed by atoms with Gasteiger partial charge in [0.25, 0.3) is 0 Å². The Kier molecular flexibility index (Phi) is 3.61. The molecule has 0 aliphatic heterocycles. The zero-order chi connectivity index (χ0) is 17.2. The summed E-state index contributed by atoms with van der Waals surface area (Å²) in [5, 5.41) is 17.5. The van der Waals surface area contributed by atoms with Gasteiger partial charge >= 0.3 is 0 Å². The van der Waals surface area contributed by atoms with E-state index in [1.54, 1.807) is 10.7 Å². The summed E-state index contributed by atoms with van der Waals surface area (Å²) >= 11 is 0. The van der Waals surface area contributed by atoms with Crippen molar-refractivity contribution in [3.8, 4) is 11.1 Å². The molecule has 1 N–H and O–H groups in total. The highest BCUT2D eigenvalue weighted by Gasteiger charge is 2.10. The zero-order valence-corrected chi connectivity index (χ0v) is 13.2. The van der Waals surface area contributed by atoms with Crippen LogP contribution in [0.15, 0.2) is 43.0 Å². The molecule has 0 aliphatic carbocycles. The van der Waals surface area contributed by atoms with E-state index in [0.29, 0.717) is 5.65 Å². The highest BCUT2D eigenvalue weighted by molar-refractivity contribution is 5.88. The van der Waals surface area contributed by atoms with E-state index in [0.717, 1.165) is 16.8 Å². The molecule has 0 saturated carbocycles. The van der Waals surface area contributed by atoms with Crippen molar-refractivity contribution in [1.29, 1.82) is 0 Å². The number of amides is 1. The maximum Gasteiger partial charge on any atom is 0.249 e. The standard InChI is InChI=1S/C15H13N9O/c1-10-12(3-2-6-16-10)11-4-5-13-18-15(20-24(13)7-11)19-14(25)8-23-9-17-21-22-23/h2-7,9H,8H2,1H3,(H,19,20,25). The van der Waals surface area contributed by atoms with Crippen molar-refractivity contribution in [2.45, 2.75) is 13.5 Å². The topological polar surface area (TPSA) is 116 Å². The van der Waals surface area contributed by atoms with Crippen molar-refractivity contribution in [3.05, 3.63) is 48.7 Å². The van der Waals surface area contributed by atoms with Crippen molar-refractivity contribution in [2.24, 2.45) is 0 Å².